The second-order valence-electron chi connectivity index (χ2n) is 7.11. The summed E-state index contributed by atoms with van der Waals surface area (Å²) in [4.78, 5) is 34.2. The van der Waals surface area contributed by atoms with Crippen molar-refractivity contribution < 1.29 is 9.18 Å². The SMILES string of the molecule is Cc1ccc(Cn2c(SCC(=O)Nc3ccc(Cl)cc3F)nc3ncccc3c2=O)cc1. The largest absolute Gasteiger partial charge is 0.323 e. The van der Waals surface area contributed by atoms with Gasteiger partial charge >= 0.3 is 0 Å². The van der Waals surface area contributed by atoms with E-state index in [1.54, 1.807) is 18.3 Å². The lowest BCUT2D eigenvalue weighted by Gasteiger charge is -2.13. The van der Waals surface area contributed by atoms with E-state index in [4.69, 9.17) is 11.6 Å². The normalized spacial score (nSPS) is 11.0. The number of nitrogens with one attached hydrogen (secondary N) is 1. The number of aryl methyl sites for hydroxylation is 1. The van der Waals surface area contributed by atoms with Crippen LogP contribution < -0.4 is 10.9 Å². The van der Waals surface area contributed by atoms with Crippen LogP contribution in [0.4, 0.5) is 10.1 Å². The molecule has 162 valence electrons. The van der Waals surface area contributed by atoms with Crippen LogP contribution in [0.15, 0.2) is 70.7 Å². The Labute approximate surface area is 192 Å². The summed E-state index contributed by atoms with van der Waals surface area (Å²) in [6.07, 6.45) is 1.56. The predicted molar refractivity (Wildman–Crippen MR) is 125 cm³/mol. The zero-order chi connectivity index (χ0) is 22.7. The molecule has 1 N–H and O–H groups in total. The van der Waals surface area contributed by atoms with Gasteiger partial charge in [0.05, 0.1) is 23.4 Å². The van der Waals surface area contributed by atoms with Crippen molar-refractivity contribution in [3.8, 4) is 0 Å². The third-order valence-corrected chi connectivity index (χ3v) is 5.91. The van der Waals surface area contributed by atoms with Crippen molar-refractivity contribution in [2.75, 3.05) is 11.1 Å². The lowest BCUT2D eigenvalue weighted by molar-refractivity contribution is -0.113. The van der Waals surface area contributed by atoms with Gasteiger partial charge in [-0.2, -0.15) is 0 Å². The number of amides is 1. The second-order valence-corrected chi connectivity index (χ2v) is 8.49. The molecule has 2 aromatic carbocycles. The summed E-state index contributed by atoms with van der Waals surface area (Å²) in [6.45, 7) is 2.29. The van der Waals surface area contributed by atoms with E-state index >= 15 is 0 Å². The Kier molecular flexibility index (Phi) is 6.53. The van der Waals surface area contributed by atoms with Gasteiger partial charge in [0, 0.05) is 11.2 Å². The minimum atomic E-state index is -0.625. The van der Waals surface area contributed by atoms with E-state index in [0.29, 0.717) is 22.7 Å². The first kappa shape index (κ1) is 22.0. The highest BCUT2D eigenvalue weighted by Gasteiger charge is 2.15. The summed E-state index contributed by atoms with van der Waals surface area (Å²) in [5.74, 6) is -1.13. The number of anilines is 1. The van der Waals surface area contributed by atoms with Crippen molar-refractivity contribution in [2.24, 2.45) is 0 Å². The van der Waals surface area contributed by atoms with Crippen LogP contribution in [-0.2, 0) is 11.3 Å². The number of carbonyl (C=O) groups is 1. The van der Waals surface area contributed by atoms with Gasteiger partial charge < -0.3 is 5.32 Å². The Morgan fingerprint density at radius 3 is 2.72 bits per heavy atom. The average Bonchev–Trinajstić information content (AvgIpc) is 2.78. The van der Waals surface area contributed by atoms with E-state index < -0.39 is 11.7 Å². The molecule has 0 aliphatic carbocycles. The van der Waals surface area contributed by atoms with Crippen LogP contribution in [0.1, 0.15) is 11.1 Å². The summed E-state index contributed by atoms with van der Waals surface area (Å²) in [6, 6.07) is 15.2. The highest BCUT2D eigenvalue weighted by atomic mass is 35.5. The zero-order valence-corrected chi connectivity index (χ0v) is 18.6. The fourth-order valence-corrected chi connectivity index (χ4v) is 4.01. The lowest BCUT2D eigenvalue weighted by Crippen LogP contribution is -2.25. The first-order valence-electron chi connectivity index (χ1n) is 9.69. The molecule has 0 aliphatic rings. The van der Waals surface area contributed by atoms with Gasteiger partial charge in [0.2, 0.25) is 5.91 Å². The van der Waals surface area contributed by atoms with Gasteiger partial charge in [-0.05, 0) is 42.8 Å². The molecule has 1 amide bonds. The van der Waals surface area contributed by atoms with Crippen molar-refractivity contribution >= 4 is 46.0 Å². The molecule has 0 radical (unpaired) electrons. The average molecular weight is 469 g/mol. The molecule has 9 heteroatoms. The van der Waals surface area contributed by atoms with Crippen molar-refractivity contribution in [1.29, 1.82) is 0 Å². The standard InChI is InChI=1S/C23H18ClFN4O2S/c1-14-4-6-15(7-5-14)12-29-22(31)17-3-2-10-26-21(17)28-23(29)32-13-20(30)27-19-9-8-16(24)11-18(19)25/h2-11H,12-13H2,1H3,(H,27,30). The van der Waals surface area contributed by atoms with Crippen molar-refractivity contribution in [2.45, 2.75) is 18.6 Å². The molecule has 0 atom stereocenters. The third-order valence-electron chi connectivity index (χ3n) is 4.69. The van der Waals surface area contributed by atoms with E-state index in [9.17, 15) is 14.0 Å². The van der Waals surface area contributed by atoms with E-state index in [2.05, 4.69) is 15.3 Å². The topological polar surface area (TPSA) is 76.9 Å². The molecule has 0 saturated carbocycles. The smallest absolute Gasteiger partial charge is 0.263 e. The van der Waals surface area contributed by atoms with Crippen LogP contribution in [0.25, 0.3) is 11.0 Å². The van der Waals surface area contributed by atoms with Crippen LogP contribution >= 0.6 is 23.4 Å². The van der Waals surface area contributed by atoms with E-state index in [-0.39, 0.29) is 22.0 Å². The Bertz CT molecular complexity index is 1360. The molecule has 0 bridgehead atoms. The minimum Gasteiger partial charge on any atom is -0.323 e. The number of nitrogens with zero attached hydrogens (tertiary/aromatic N) is 3. The quantitative estimate of drug-likeness (QED) is 0.328. The first-order valence-corrected chi connectivity index (χ1v) is 11.1. The molecule has 0 fully saturated rings. The van der Waals surface area contributed by atoms with Crippen molar-refractivity contribution in [3.63, 3.8) is 0 Å². The van der Waals surface area contributed by atoms with Crippen molar-refractivity contribution in [1.82, 2.24) is 14.5 Å². The zero-order valence-electron chi connectivity index (χ0n) is 17.0. The lowest BCUT2D eigenvalue weighted by atomic mass is 10.1. The van der Waals surface area contributed by atoms with E-state index in [1.807, 2.05) is 31.2 Å². The first-order chi connectivity index (χ1) is 15.4. The number of carbonyl (C=O) groups excluding carboxylic acids is 1. The van der Waals surface area contributed by atoms with Crippen LogP contribution in [-0.4, -0.2) is 26.2 Å². The van der Waals surface area contributed by atoms with Gasteiger partial charge in [-0.15, -0.1) is 0 Å². The predicted octanol–water partition coefficient (Wildman–Crippen LogP) is 4.67. The third kappa shape index (κ3) is 4.98. The van der Waals surface area contributed by atoms with Gasteiger partial charge in [-0.1, -0.05) is 53.2 Å². The maximum Gasteiger partial charge on any atom is 0.263 e. The van der Waals surface area contributed by atoms with Crippen LogP contribution in [0.5, 0.6) is 0 Å². The van der Waals surface area contributed by atoms with Gasteiger partial charge in [-0.25, -0.2) is 14.4 Å². The summed E-state index contributed by atoms with van der Waals surface area (Å²) < 4.78 is 15.5. The fourth-order valence-electron chi connectivity index (χ4n) is 3.07. The molecule has 32 heavy (non-hydrogen) atoms. The number of rotatable bonds is 6. The van der Waals surface area contributed by atoms with Gasteiger partial charge in [0.15, 0.2) is 10.8 Å². The molecule has 4 aromatic rings. The summed E-state index contributed by atoms with van der Waals surface area (Å²) in [7, 11) is 0. The number of thioether (sulfide) groups is 1. The molecule has 6 nitrogen and oxygen atoms in total. The number of halogens is 2. The van der Waals surface area contributed by atoms with Crippen LogP contribution in [0.3, 0.4) is 0 Å². The number of pyridine rings is 1. The molecule has 0 aliphatic heterocycles. The monoisotopic (exact) mass is 468 g/mol. The molecule has 2 heterocycles. The van der Waals surface area contributed by atoms with E-state index in [1.165, 1.54) is 16.7 Å². The van der Waals surface area contributed by atoms with Gasteiger partial charge in [-0.3, -0.25) is 14.2 Å². The number of hydrogen-bond acceptors (Lipinski definition) is 5. The van der Waals surface area contributed by atoms with Crippen LogP contribution in [0, 0.1) is 12.7 Å². The number of aromatic nitrogens is 3. The molecule has 4 rings (SSSR count). The second kappa shape index (κ2) is 9.50. The molecule has 0 spiro atoms. The number of benzene rings is 2. The maximum atomic E-state index is 14.0. The Morgan fingerprint density at radius 2 is 1.97 bits per heavy atom. The van der Waals surface area contributed by atoms with E-state index in [0.717, 1.165) is 29.0 Å². The number of fused-ring (bicyclic) bond motifs is 1. The van der Waals surface area contributed by atoms with Crippen molar-refractivity contribution in [3.05, 3.63) is 93.1 Å². The van der Waals surface area contributed by atoms with Gasteiger partial charge in [0.1, 0.15) is 5.82 Å². The highest BCUT2D eigenvalue weighted by molar-refractivity contribution is 7.99. The number of hydrogen-bond donors (Lipinski definition) is 1. The fraction of sp³-hybridized carbons (Fsp3) is 0.130. The van der Waals surface area contributed by atoms with Crippen LogP contribution in [0.2, 0.25) is 5.02 Å². The molecule has 2 aromatic heterocycles. The minimum absolute atomic E-state index is 0.0326. The molecular formula is C23H18ClFN4O2S. The highest BCUT2D eigenvalue weighted by Crippen LogP contribution is 2.21. The van der Waals surface area contributed by atoms with Gasteiger partial charge in [0.25, 0.3) is 5.56 Å². The molecular weight excluding hydrogens is 451 g/mol. The molecule has 0 saturated heterocycles. The Morgan fingerprint density at radius 1 is 1.19 bits per heavy atom. The maximum absolute atomic E-state index is 14.0. The summed E-state index contributed by atoms with van der Waals surface area (Å²) >= 11 is 6.83. The Hall–Kier alpha value is -3.23. The summed E-state index contributed by atoms with van der Waals surface area (Å²) in [5, 5.41) is 3.50. The summed E-state index contributed by atoms with van der Waals surface area (Å²) in [5.41, 5.74) is 2.14. The Balaban J connectivity index is 1.61. The molecule has 0 unspecified atom stereocenters.